The van der Waals surface area contributed by atoms with Crippen molar-refractivity contribution in [3.63, 3.8) is 0 Å². The molecule has 1 aliphatic heterocycles. The van der Waals surface area contributed by atoms with Crippen molar-refractivity contribution in [2.75, 3.05) is 39.3 Å². The van der Waals surface area contributed by atoms with Crippen molar-refractivity contribution in [2.45, 2.75) is 39.2 Å². The molecule has 2 rings (SSSR count). The lowest BCUT2D eigenvalue weighted by Crippen LogP contribution is -2.45. The van der Waals surface area contributed by atoms with Gasteiger partial charge >= 0.3 is 6.03 Å². The van der Waals surface area contributed by atoms with Gasteiger partial charge in [0.15, 0.2) is 0 Å². The Morgan fingerprint density at radius 2 is 1.96 bits per heavy atom. The van der Waals surface area contributed by atoms with E-state index in [2.05, 4.69) is 47.5 Å². The summed E-state index contributed by atoms with van der Waals surface area (Å²) in [7, 11) is 0. The highest BCUT2D eigenvalue weighted by molar-refractivity contribution is 5.74. The number of unbranched alkanes of at least 4 members (excludes halogenated alkanes) is 1. The van der Waals surface area contributed by atoms with E-state index in [-0.39, 0.29) is 12.6 Å². The average molecular weight is 348 g/mol. The molecule has 2 amide bonds. The highest BCUT2D eigenvalue weighted by Gasteiger charge is 2.20. The van der Waals surface area contributed by atoms with Crippen molar-refractivity contribution in [3.8, 4) is 0 Å². The maximum atomic E-state index is 12.3. The van der Waals surface area contributed by atoms with Crippen LogP contribution in [0.15, 0.2) is 30.3 Å². The number of nitrogens with one attached hydrogen (secondary N) is 1. The Labute approximate surface area is 152 Å². The number of hydrogen-bond acceptors (Lipinski definition) is 3. The first-order chi connectivity index (χ1) is 12.2. The summed E-state index contributed by atoms with van der Waals surface area (Å²) in [5.41, 5.74) is 1.37. The number of benzene rings is 1. The summed E-state index contributed by atoms with van der Waals surface area (Å²) in [6.07, 6.45) is 4.28. The van der Waals surface area contributed by atoms with Gasteiger partial charge in [-0.15, -0.1) is 0 Å². The van der Waals surface area contributed by atoms with E-state index in [0.717, 1.165) is 58.4 Å². The molecule has 0 radical (unpaired) electrons. The van der Waals surface area contributed by atoms with E-state index >= 15 is 0 Å². The number of hydrogen-bond donors (Lipinski definition) is 2. The molecule has 0 aliphatic carbocycles. The molecular weight excluding hydrogens is 314 g/mol. The maximum absolute atomic E-state index is 12.3. The van der Waals surface area contributed by atoms with E-state index in [1.54, 1.807) is 4.90 Å². The number of urea groups is 1. The first-order valence-electron chi connectivity index (χ1n) is 9.62. The van der Waals surface area contributed by atoms with E-state index in [4.69, 9.17) is 5.11 Å². The van der Waals surface area contributed by atoms with Crippen LogP contribution < -0.4 is 5.32 Å². The van der Waals surface area contributed by atoms with Crippen LogP contribution in [0.3, 0.4) is 0 Å². The second kappa shape index (κ2) is 11.1. The highest BCUT2D eigenvalue weighted by Crippen LogP contribution is 2.18. The largest absolute Gasteiger partial charge is 0.395 e. The van der Waals surface area contributed by atoms with Crippen LogP contribution in [0.2, 0.25) is 0 Å². The van der Waals surface area contributed by atoms with Crippen molar-refractivity contribution >= 4 is 6.03 Å². The van der Waals surface area contributed by atoms with Crippen molar-refractivity contribution in [1.29, 1.82) is 0 Å². The van der Waals surface area contributed by atoms with Gasteiger partial charge in [0.25, 0.3) is 0 Å². The number of aliphatic hydroxyl groups is 1. The van der Waals surface area contributed by atoms with Gasteiger partial charge in [-0.05, 0) is 43.8 Å². The lowest BCUT2D eigenvalue weighted by molar-refractivity contribution is 0.161. The Balaban J connectivity index is 1.68. The first kappa shape index (κ1) is 19.7. The third-order valence-electron chi connectivity index (χ3n) is 4.94. The van der Waals surface area contributed by atoms with Crippen LogP contribution in [0.1, 0.15) is 38.2 Å². The molecule has 1 aliphatic rings. The normalized spacial score (nSPS) is 15.9. The number of likely N-dealkylation sites (tertiary alicyclic amines) is 1. The minimum absolute atomic E-state index is 0.0228. The zero-order chi connectivity index (χ0) is 17.9. The van der Waals surface area contributed by atoms with E-state index in [0.29, 0.717) is 12.5 Å². The van der Waals surface area contributed by atoms with Crippen LogP contribution in [0.4, 0.5) is 4.79 Å². The standard InChI is InChI=1S/C20H33N3O2/c1-2-3-11-23(14-15-24)20(25)21-16-18-9-12-22(13-10-18)17-19-7-5-4-6-8-19/h4-8,18,24H,2-3,9-17H2,1H3,(H,21,25). The number of nitrogens with zero attached hydrogens (tertiary/aromatic N) is 2. The van der Waals surface area contributed by atoms with E-state index in [1.807, 2.05) is 0 Å². The van der Waals surface area contributed by atoms with Gasteiger partial charge in [-0.2, -0.15) is 0 Å². The van der Waals surface area contributed by atoms with Gasteiger partial charge in [0.1, 0.15) is 0 Å². The molecule has 0 aromatic heterocycles. The van der Waals surface area contributed by atoms with E-state index in [9.17, 15) is 4.79 Å². The number of carbonyl (C=O) groups is 1. The summed E-state index contributed by atoms with van der Waals surface area (Å²) in [4.78, 5) is 16.5. The zero-order valence-corrected chi connectivity index (χ0v) is 15.5. The molecule has 5 heteroatoms. The average Bonchev–Trinajstić information content (AvgIpc) is 2.65. The summed E-state index contributed by atoms with van der Waals surface area (Å²) < 4.78 is 0. The van der Waals surface area contributed by atoms with Gasteiger partial charge < -0.3 is 15.3 Å². The van der Waals surface area contributed by atoms with Crippen LogP contribution in [-0.2, 0) is 6.54 Å². The first-order valence-corrected chi connectivity index (χ1v) is 9.62. The molecule has 1 heterocycles. The second-order valence-corrected chi connectivity index (χ2v) is 6.96. The lowest BCUT2D eigenvalue weighted by atomic mass is 9.96. The third kappa shape index (κ3) is 7.04. The summed E-state index contributed by atoms with van der Waals surface area (Å²) in [6, 6.07) is 10.6. The molecular formula is C20H33N3O2. The fourth-order valence-corrected chi connectivity index (χ4v) is 3.32. The molecule has 1 saturated heterocycles. The van der Waals surface area contributed by atoms with Crippen LogP contribution in [0.5, 0.6) is 0 Å². The fourth-order valence-electron chi connectivity index (χ4n) is 3.32. The van der Waals surface area contributed by atoms with Crippen LogP contribution in [-0.4, -0.2) is 60.3 Å². The third-order valence-corrected chi connectivity index (χ3v) is 4.94. The molecule has 0 saturated carbocycles. The van der Waals surface area contributed by atoms with Gasteiger partial charge in [0.2, 0.25) is 0 Å². The number of amides is 2. The van der Waals surface area contributed by atoms with Gasteiger partial charge in [0.05, 0.1) is 6.61 Å². The van der Waals surface area contributed by atoms with Gasteiger partial charge in [0, 0.05) is 26.2 Å². The van der Waals surface area contributed by atoms with Crippen LogP contribution in [0.25, 0.3) is 0 Å². The van der Waals surface area contributed by atoms with E-state index < -0.39 is 0 Å². The quantitative estimate of drug-likeness (QED) is 0.722. The fraction of sp³-hybridized carbons (Fsp3) is 0.650. The minimum atomic E-state index is -0.0331. The number of carbonyl (C=O) groups excluding carboxylic acids is 1. The molecule has 0 atom stereocenters. The molecule has 1 aromatic carbocycles. The predicted molar refractivity (Wildman–Crippen MR) is 101 cm³/mol. The summed E-state index contributed by atoms with van der Waals surface area (Å²) in [5.74, 6) is 0.554. The second-order valence-electron chi connectivity index (χ2n) is 6.96. The minimum Gasteiger partial charge on any atom is -0.395 e. The van der Waals surface area contributed by atoms with Gasteiger partial charge in [-0.3, -0.25) is 4.90 Å². The predicted octanol–water partition coefficient (Wildman–Crippen LogP) is 2.70. The molecule has 0 unspecified atom stereocenters. The molecule has 5 nitrogen and oxygen atoms in total. The number of piperidine rings is 1. The van der Waals surface area contributed by atoms with Crippen LogP contribution >= 0.6 is 0 Å². The van der Waals surface area contributed by atoms with Crippen molar-refractivity contribution in [2.24, 2.45) is 5.92 Å². The van der Waals surface area contributed by atoms with Crippen molar-refractivity contribution in [1.82, 2.24) is 15.1 Å². The Morgan fingerprint density at radius 1 is 1.24 bits per heavy atom. The molecule has 1 fully saturated rings. The van der Waals surface area contributed by atoms with Gasteiger partial charge in [-0.25, -0.2) is 4.79 Å². The molecule has 0 spiro atoms. The monoisotopic (exact) mass is 347 g/mol. The number of aliphatic hydroxyl groups excluding tert-OH is 1. The SMILES string of the molecule is CCCCN(CCO)C(=O)NCC1CCN(Cc2ccccc2)CC1. The molecule has 140 valence electrons. The Kier molecular flexibility index (Phi) is 8.77. The van der Waals surface area contributed by atoms with Crippen LogP contribution in [0, 0.1) is 5.92 Å². The summed E-state index contributed by atoms with van der Waals surface area (Å²) in [6.45, 7) is 7.21. The van der Waals surface area contributed by atoms with Gasteiger partial charge in [-0.1, -0.05) is 43.7 Å². The highest BCUT2D eigenvalue weighted by atomic mass is 16.3. The van der Waals surface area contributed by atoms with Crippen molar-refractivity contribution in [3.05, 3.63) is 35.9 Å². The topological polar surface area (TPSA) is 55.8 Å². The smallest absolute Gasteiger partial charge is 0.317 e. The Bertz CT molecular complexity index is 487. The van der Waals surface area contributed by atoms with Crippen molar-refractivity contribution < 1.29 is 9.90 Å². The lowest BCUT2D eigenvalue weighted by Gasteiger charge is -2.32. The Morgan fingerprint density at radius 3 is 2.60 bits per heavy atom. The Hall–Kier alpha value is -1.59. The maximum Gasteiger partial charge on any atom is 0.317 e. The zero-order valence-electron chi connectivity index (χ0n) is 15.5. The molecule has 0 bridgehead atoms. The molecule has 25 heavy (non-hydrogen) atoms. The number of rotatable bonds is 9. The molecule has 2 N–H and O–H groups in total. The summed E-state index contributed by atoms with van der Waals surface area (Å²) >= 11 is 0. The van der Waals surface area contributed by atoms with E-state index in [1.165, 1.54) is 5.56 Å². The molecule has 1 aromatic rings. The summed E-state index contributed by atoms with van der Waals surface area (Å²) in [5, 5.41) is 12.2.